The molecular weight excluding hydrogens is 96.0 g/mol. The van der Waals surface area contributed by atoms with E-state index >= 15 is 0 Å². The van der Waals surface area contributed by atoms with Crippen LogP contribution in [0.25, 0.3) is 0 Å². The van der Waals surface area contributed by atoms with Crippen LogP contribution in [0.15, 0.2) is 0 Å². The monoisotopic (exact) mass is 105 g/mol. The second-order valence-corrected chi connectivity index (χ2v) is 1.09. The third-order valence-electron chi connectivity index (χ3n) is 0.635. The third-order valence-corrected chi connectivity index (χ3v) is 0.635. The summed E-state index contributed by atoms with van der Waals surface area (Å²) in [5.74, 6) is 0. The van der Waals surface area contributed by atoms with Crippen LogP contribution in [0.2, 0.25) is 0 Å². The van der Waals surface area contributed by atoms with E-state index in [9.17, 15) is 5.11 Å². The molecule has 0 heterocycles. The molecule has 0 aromatic rings. The number of hydrogen-bond acceptors (Lipinski definition) is 2. The lowest BCUT2D eigenvalue weighted by Gasteiger charge is -2.05. The van der Waals surface area contributed by atoms with Crippen molar-refractivity contribution in [1.82, 2.24) is 0 Å². The van der Waals surface area contributed by atoms with Crippen molar-refractivity contribution in [2.75, 3.05) is 13.9 Å². The highest BCUT2D eigenvalue weighted by Crippen LogP contribution is 1.86. The first kappa shape index (κ1) is 6.88. The molecule has 0 rings (SSSR count). The number of methoxy groups -OCH3 is 1. The Morgan fingerprint density at radius 2 is 2.29 bits per heavy atom. The highest BCUT2D eigenvalue weighted by Gasteiger charge is 1.93. The van der Waals surface area contributed by atoms with E-state index in [1.807, 2.05) is 0 Å². The van der Waals surface area contributed by atoms with Gasteiger partial charge in [-0.2, -0.15) is 0 Å². The molecule has 0 saturated heterocycles. The maximum Gasteiger partial charge on any atom is 0.183 e. The zero-order valence-corrected chi connectivity index (χ0v) is 4.51. The van der Waals surface area contributed by atoms with Gasteiger partial charge in [-0.25, -0.2) is 5.11 Å². The minimum atomic E-state index is -0.533. The Labute approximate surface area is 42.9 Å². The number of hydrogen-bond donors (Lipinski definition) is 0. The maximum atomic E-state index is 9.60. The van der Waals surface area contributed by atoms with Crippen molar-refractivity contribution >= 4 is 0 Å². The summed E-state index contributed by atoms with van der Waals surface area (Å²) in [6.07, 6.45) is -0.363. The van der Waals surface area contributed by atoms with Crippen molar-refractivity contribution in [1.29, 1.82) is 0 Å². The SMILES string of the molecule is COC(C)OC[O]. The second kappa shape index (κ2) is 4.05. The van der Waals surface area contributed by atoms with Crippen LogP contribution in [0.4, 0.5) is 0 Å². The molecule has 1 atom stereocenters. The van der Waals surface area contributed by atoms with Gasteiger partial charge in [-0.1, -0.05) is 0 Å². The predicted molar refractivity (Wildman–Crippen MR) is 23.1 cm³/mol. The van der Waals surface area contributed by atoms with E-state index in [0.29, 0.717) is 0 Å². The molecule has 1 unspecified atom stereocenters. The van der Waals surface area contributed by atoms with E-state index in [-0.39, 0.29) is 6.29 Å². The summed E-state index contributed by atoms with van der Waals surface area (Å²) in [4.78, 5) is 0. The molecule has 3 heteroatoms. The van der Waals surface area contributed by atoms with Crippen molar-refractivity contribution in [2.24, 2.45) is 0 Å². The standard InChI is InChI=1S/C4H9O3/c1-4(6-2)7-3-5/h4H,3H2,1-2H3. The number of ether oxygens (including phenoxy) is 2. The Bertz CT molecular complexity index is 37.9. The Morgan fingerprint density at radius 1 is 1.71 bits per heavy atom. The maximum absolute atomic E-state index is 9.60. The van der Waals surface area contributed by atoms with E-state index in [2.05, 4.69) is 9.47 Å². The summed E-state index contributed by atoms with van der Waals surface area (Å²) in [5.41, 5.74) is 0. The average Bonchev–Trinajstić information content (AvgIpc) is 1.68. The van der Waals surface area contributed by atoms with Gasteiger partial charge in [-0.3, -0.25) is 0 Å². The quantitative estimate of drug-likeness (QED) is 0.487. The first-order valence-electron chi connectivity index (χ1n) is 2.03. The zero-order valence-electron chi connectivity index (χ0n) is 4.51. The molecule has 0 fully saturated rings. The predicted octanol–water partition coefficient (Wildman–Crippen LogP) is 0.383. The van der Waals surface area contributed by atoms with Crippen LogP contribution in [-0.4, -0.2) is 20.2 Å². The Hall–Kier alpha value is -0.120. The summed E-state index contributed by atoms with van der Waals surface area (Å²) in [5, 5.41) is 9.60. The van der Waals surface area contributed by atoms with Crippen LogP contribution in [0, 0.1) is 0 Å². The van der Waals surface area contributed by atoms with Crippen LogP contribution in [0.1, 0.15) is 6.92 Å². The van der Waals surface area contributed by atoms with E-state index in [1.54, 1.807) is 6.92 Å². The number of rotatable bonds is 3. The molecule has 0 aliphatic rings. The molecule has 0 N–H and O–H groups in total. The highest BCUT2D eigenvalue weighted by atomic mass is 16.7. The largest absolute Gasteiger partial charge is 0.356 e. The highest BCUT2D eigenvalue weighted by molar-refractivity contribution is 4.19. The smallest absolute Gasteiger partial charge is 0.183 e. The first-order valence-corrected chi connectivity index (χ1v) is 2.03. The van der Waals surface area contributed by atoms with E-state index in [4.69, 9.17) is 0 Å². The lowest BCUT2D eigenvalue weighted by Crippen LogP contribution is -2.09. The van der Waals surface area contributed by atoms with Gasteiger partial charge in [-0.15, -0.1) is 0 Å². The lowest BCUT2D eigenvalue weighted by atomic mass is 10.8. The van der Waals surface area contributed by atoms with Gasteiger partial charge in [0.15, 0.2) is 13.1 Å². The van der Waals surface area contributed by atoms with Gasteiger partial charge in [0.2, 0.25) is 0 Å². The third kappa shape index (κ3) is 3.72. The molecule has 0 aromatic heterocycles. The van der Waals surface area contributed by atoms with Crippen LogP contribution in [0.5, 0.6) is 0 Å². The summed E-state index contributed by atoms with van der Waals surface area (Å²) in [6.45, 7) is 1.13. The van der Waals surface area contributed by atoms with E-state index in [0.717, 1.165) is 0 Å². The van der Waals surface area contributed by atoms with Crippen molar-refractivity contribution in [3.05, 3.63) is 0 Å². The normalized spacial score (nSPS) is 14.1. The van der Waals surface area contributed by atoms with E-state index < -0.39 is 6.79 Å². The molecule has 7 heavy (non-hydrogen) atoms. The second-order valence-electron chi connectivity index (χ2n) is 1.09. The Morgan fingerprint density at radius 3 is 2.43 bits per heavy atom. The topological polar surface area (TPSA) is 38.4 Å². The van der Waals surface area contributed by atoms with Crippen molar-refractivity contribution in [2.45, 2.75) is 13.2 Å². The van der Waals surface area contributed by atoms with Gasteiger partial charge in [0.1, 0.15) is 0 Å². The molecule has 0 saturated carbocycles. The average molecular weight is 105 g/mol. The summed E-state index contributed by atoms with van der Waals surface area (Å²) < 4.78 is 8.98. The van der Waals surface area contributed by atoms with Crippen LogP contribution in [-0.2, 0) is 14.6 Å². The fourth-order valence-electron chi connectivity index (χ4n) is 0.164. The molecular formula is C4H9O3. The van der Waals surface area contributed by atoms with Gasteiger partial charge in [-0.05, 0) is 6.92 Å². The van der Waals surface area contributed by atoms with E-state index in [1.165, 1.54) is 7.11 Å². The minimum Gasteiger partial charge on any atom is -0.356 e. The molecule has 0 aliphatic heterocycles. The van der Waals surface area contributed by atoms with Crippen molar-refractivity contribution in [3.8, 4) is 0 Å². The Kier molecular flexibility index (Phi) is 3.98. The van der Waals surface area contributed by atoms with Gasteiger partial charge >= 0.3 is 0 Å². The molecule has 0 aromatic carbocycles. The van der Waals surface area contributed by atoms with Gasteiger partial charge in [0, 0.05) is 7.11 Å². The van der Waals surface area contributed by atoms with Crippen LogP contribution >= 0.6 is 0 Å². The van der Waals surface area contributed by atoms with Crippen LogP contribution in [0.3, 0.4) is 0 Å². The summed E-state index contributed by atoms with van der Waals surface area (Å²) in [7, 11) is 1.49. The zero-order chi connectivity index (χ0) is 5.70. The fourth-order valence-corrected chi connectivity index (χ4v) is 0.164. The fraction of sp³-hybridized carbons (Fsp3) is 1.00. The lowest BCUT2D eigenvalue weighted by molar-refractivity contribution is -0.173. The molecule has 3 nitrogen and oxygen atoms in total. The van der Waals surface area contributed by atoms with Crippen molar-refractivity contribution < 1.29 is 14.6 Å². The molecule has 43 valence electrons. The Balaban J connectivity index is 2.83. The summed E-state index contributed by atoms with van der Waals surface area (Å²) in [6, 6.07) is 0. The molecule has 0 amide bonds. The molecule has 0 bridgehead atoms. The van der Waals surface area contributed by atoms with Crippen molar-refractivity contribution in [3.63, 3.8) is 0 Å². The minimum absolute atomic E-state index is 0.363. The van der Waals surface area contributed by atoms with Gasteiger partial charge in [0.25, 0.3) is 0 Å². The van der Waals surface area contributed by atoms with Gasteiger partial charge in [0.05, 0.1) is 0 Å². The molecule has 0 spiro atoms. The van der Waals surface area contributed by atoms with Gasteiger partial charge < -0.3 is 9.47 Å². The van der Waals surface area contributed by atoms with Crippen LogP contribution < -0.4 is 0 Å². The molecule has 0 aliphatic carbocycles. The molecule has 1 radical (unpaired) electrons. The summed E-state index contributed by atoms with van der Waals surface area (Å²) >= 11 is 0. The first-order chi connectivity index (χ1) is 3.31.